The van der Waals surface area contributed by atoms with Gasteiger partial charge in [-0.15, -0.1) is 11.3 Å². The molecule has 5 atom stereocenters. The quantitative estimate of drug-likeness (QED) is 0.250. The lowest BCUT2D eigenvalue weighted by Crippen LogP contribution is -2.52. The number of thiazole rings is 1. The Labute approximate surface area is 267 Å². The third-order valence-corrected chi connectivity index (χ3v) is 9.40. The number of hydrogen-bond acceptors (Lipinski definition) is 7. The molecule has 1 heterocycles. The monoisotopic (exact) mass is 628 g/mol. The van der Waals surface area contributed by atoms with E-state index in [1.165, 1.54) is 22.7 Å². The number of aliphatic hydroxyl groups is 2. The van der Waals surface area contributed by atoms with Crippen LogP contribution >= 0.6 is 11.3 Å². The largest absolute Gasteiger partial charge is 0.390 e. The number of aliphatic hydroxyl groups excluding tert-OH is 2. The first-order valence-electron chi connectivity index (χ1n) is 16.0. The Balaban J connectivity index is 1.86. The molecule has 9 nitrogen and oxygen atoms in total. The number of carbonyl (C=O) groups is 3. The van der Waals surface area contributed by atoms with E-state index in [0.29, 0.717) is 24.5 Å². The molecule has 1 saturated carbocycles. The van der Waals surface area contributed by atoms with E-state index in [1.807, 2.05) is 56.5 Å². The van der Waals surface area contributed by atoms with Gasteiger partial charge in [-0.25, -0.2) is 4.98 Å². The van der Waals surface area contributed by atoms with Gasteiger partial charge in [0.05, 0.1) is 35.3 Å². The molecule has 244 valence electrons. The lowest BCUT2D eigenvalue weighted by molar-refractivity contribution is -0.143. The maximum Gasteiger partial charge on any atom is 0.241 e. The van der Waals surface area contributed by atoms with Crippen LogP contribution in [0.25, 0.3) is 0 Å². The first-order valence-corrected chi connectivity index (χ1v) is 17.0. The molecule has 10 heteroatoms. The highest BCUT2D eigenvalue weighted by atomic mass is 32.1. The van der Waals surface area contributed by atoms with E-state index in [0.717, 1.165) is 31.2 Å². The fourth-order valence-corrected chi connectivity index (χ4v) is 6.64. The fourth-order valence-electron chi connectivity index (χ4n) is 6.07. The summed E-state index contributed by atoms with van der Waals surface area (Å²) in [5, 5.41) is 27.1. The molecule has 1 aromatic carbocycles. The van der Waals surface area contributed by atoms with Crippen LogP contribution in [0.1, 0.15) is 89.4 Å². The third kappa shape index (κ3) is 11.0. The summed E-state index contributed by atoms with van der Waals surface area (Å²) in [6.07, 6.45) is 4.54. The zero-order valence-electron chi connectivity index (χ0n) is 27.0. The minimum atomic E-state index is -1.12. The molecule has 0 bridgehead atoms. The number of amides is 3. The second-order valence-electron chi connectivity index (χ2n) is 13.0. The number of nitrogens with zero attached hydrogens (tertiary/aromatic N) is 3. The van der Waals surface area contributed by atoms with Crippen molar-refractivity contribution in [2.24, 2.45) is 17.8 Å². The van der Waals surface area contributed by atoms with E-state index in [9.17, 15) is 24.6 Å². The second kappa shape index (κ2) is 17.6. The smallest absolute Gasteiger partial charge is 0.241 e. The number of aromatic nitrogens is 1. The molecule has 3 N–H and O–H groups in total. The lowest BCUT2D eigenvalue weighted by atomic mass is 9.82. The Hall–Kier alpha value is -2.82. The number of nitrogens with one attached hydrogen (secondary N) is 1. The van der Waals surface area contributed by atoms with Crippen LogP contribution < -0.4 is 5.32 Å². The van der Waals surface area contributed by atoms with Crippen molar-refractivity contribution in [1.82, 2.24) is 20.1 Å². The van der Waals surface area contributed by atoms with E-state index >= 15 is 0 Å². The molecule has 0 saturated heterocycles. The minimum Gasteiger partial charge on any atom is -0.390 e. The average Bonchev–Trinajstić information content (AvgIpc) is 3.52. The summed E-state index contributed by atoms with van der Waals surface area (Å²) in [6.45, 7) is 5.75. The summed E-state index contributed by atoms with van der Waals surface area (Å²) in [5.41, 5.74) is 3.30. The topological polar surface area (TPSA) is 123 Å². The maximum absolute atomic E-state index is 14.0. The van der Waals surface area contributed by atoms with Gasteiger partial charge in [-0.1, -0.05) is 76.3 Å². The molecule has 44 heavy (non-hydrogen) atoms. The summed E-state index contributed by atoms with van der Waals surface area (Å²) in [4.78, 5) is 48.2. The summed E-state index contributed by atoms with van der Waals surface area (Å²) in [5.74, 6) is -1.11. The van der Waals surface area contributed by atoms with Crippen LogP contribution in [0.2, 0.25) is 0 Å². The first kappa shape index (κ1) is 35.7. The summed E-state index contributed by atoms with van der Waals surface area (Å²) >= 11 is 1.42. The van der Waals surface area contributed by atoms with Crippen LogP contribution in [-0.2, 0) is 20.8 Å². The van der Waals surface area contributed by atoms with Crippen molar-refractivity contribution in [3.8, 4) is 0 Å². The molecule has 0 spiro atoms. The van der Waals surface area contributed by atoms with Crippen molar-refractivity contribution in [1.29, 1.82) is 0 Å². The number of carbonyl (C=O) groups excluding carboxylic acids is 3. The van der Waals surface area contributed by atoms with Gasteiger partial charge in [0.25, 0.3) is 0 Å². The standard InChI is InChI=1S/C34H52N4O5S/c1-23(2)16-30(39)33(42)29(17-25-12-8-6-9-13-25)36-34(43)27(18-28-21-44-22-35-28)19-31(40)38(20-32(41)37(4)5)24(3)26-14-10-7-11-15-26/h7,10-11,14-15,21-25,27,29-30,33,39,42H,6,8-9,12-13,16-20H2,1-5H3,(H,36,43)/t24-,27-,29-,30-,33+/m0/s1. The Kier molecular flexibility index (Phi) is 14.3. The van der Waals surface area contributed by atoms with Gasteiger partial charge < -0.3 is 25.3 Å². The molecule has 3 amide bonds. The predicted molar refractivity (Wildman–Crippen MR) is 174 cm³/mol. The zero-order valence-corrected chi connectivity index (χ0v) is 27.8. The van der Waals surface area contributed by atoms with Crippen molar-refractivity contribution in [2.75, 3.05) is 20.6 Å². The Morgan fingerprint density at radius 2 is 1.70 bits per heavy atom. The highest BCUT2D eigenvalue weighted by Gasteiger charge is 2.35. The van der Waals surface area contributed by atoms with Crippen LogP contribution in [0.4, 0.5) is 0 Å². The minimum absolute atomic E-state index is 0.114. The van der Waals surface area contributed by atoms with Gasteiger partial charge in [0, 0.05) is 32.3 Å². The third-order valence-electron chi connectivity index (χ3n) is 8.76. The maximum atomic E-state index is 14.0. The molecule has 3 rings (SSSR count). The molecule has 1 fully saturated rings. The Morgan fingerprint density at radius 1 is 1.02 bits per heavy atom. The number of benzene rings is 1. The molecule has 1 aromatic heterocycles. The van der Waals surface area contributed by atoms with E-state index in [-0.39, 0.29) is 49.1 Å². The number of rotatable bonds is 16. The normalized spacial score (nSPS) is 17.4. The highest BCUT2D eigenvalue weighted by molar-refractivity contribution is 7.07. The molecular weight excluding hydrogens is 576 g/mol. The van der Waals surface area contributed by atoms with Crippen molar-refractivity contribution >= 4 is 29.1 Å². The Bertz CT molecular complexity index is 1150. The van der Waals surface area contributed by atoms with Crippen LogP contribution in [0.3, 0.4) is 0 Å². The molecule has 1 aliphatic rings. The van der Waals surface area contributed by atoms with Gasteiger partial charge in [0.15, 0.2) is 0 Å². The van der Waals surface area contributed by atoms with E-state index < -0.39 is 24.2 Å². The van der Waals surface area contributed by atoms with E-state index in [2.05, 4.69) is 10.3 Å². The van der Waals surface area contributed by atoms with Gasteiger partial charge in [-0.3, -0.25) is 14.4 Å². The lowest BCUT2D eigenvalue weighted by Gasteiger charge is -2.34. The number of hydrogen-bond donors (Lipinski definition) is 3. The molecule has 2 aromatic rings. The Morgan fingerprint density at radius 3 is 2.30 bits per heavy atom. The predicted octanol–water partition coefficient (Wildman–Crippen LogP) is 4.59. The summed E-state index contributed by atoms with van der Waals surface area (Å²) in [7, 11) is 3.31. The van der Waals surface area contributed by atoms with Crippen molar-refractivity contribution in [3.05, 3.63) is 52.5 Å². The average molecular weight is 629 g/mol. The van der Waals surface area contributed by atoms with E-state index in [4.69, 9.17) is 0 Å². The van der Waals surface area contributed by atoms with Crippen LogP contribution in [0, 0.1) is 17.8 Å². The van der Waals surface area contributed by atoms with Crippen molar-refractivity contribution < 1.29 is 24.6 Å². The van der Waals surface area contributed by atoms with Crippen LogP contribution in [-0.4, -0.2) is 81.6 Å². The second-order valence-corrected chi connectivity index (χ2v) is 13.7. The van der Waals surface area contributed by atoms with Gasteiger partial charge in [0.2, 0.25) is 17.7 Å². The summed E-state index contributed by atoms with van der Waals surface area (Å²) in [6, 6.07) is 8.51. The van der Waals surface area contributed by atoms with Gasteiger partial charge in [-0.05, 0) is 37.2 Å². The van der Waals surface area contributed by atoms with Crippen LogP contribution in [0.15, 0.2) is 41.2 Å². The molecule has 0 unspecified atom stereocenters. The first-order chi connectivity index (χ1) is 21.0. The molecule has 1 aliphatic carbocycles. The van der Waals surface area contributed by atoms with E-state index in [1.54, 1.807) is 24.5 Å². The van der Waals surface area contributed by atoms with Gasteiger partial charge in [-0.2, -0.15) is 0 Å². The molecule has 0 radical (unpaired) electrons. The van der Waals surface area contributed by atoms with Gasteiger partial charge >= 0.3 is 0 Å². The zero-order chi connectivity index (χ0) is 32.2. The molecule has 0 aliphatic heterocycles. The highest BCUT2D eigenvalue weighted by Crippen LogP contribution is 2.30. The van der Waals surface area contributed by atoms with Crippen molar-refractivity contribution in [3.63, 3.8) is 0 Å². The van der Waals surface area contributed by atoms with Crippen LogP contribution in [0.5, 0.6) is 0 Å². The fraction of sp³-hybridized carbons (Fsp3) is 0.647. The molecular formula is C34H52N4O5S. The van der Waals surface area contributed by atoms with Gasteiger partial charge in [0.1, 0.15) is 12.6 Å². The SMILES string of the molecule is CC(C)C[C@H](O)[C@H](O)[C@H](CC1CCCCC1)NC(=O)[C@H](CC(=O)N(CC(=O)N(C)C)[C@@H](C)c1ccccc1)Cc1cscn1. The van der Waals surface area contributed by atoms with Crippen molar-refractivity contribution in [2.45, 2.75) is 103 Å². The summed E-state index contributed by atoms with van der Waals surface area (Å²) < 4.78 is 0. The number of likely N-dealkylation sites (N-methyl/N-ethyl adjacent to an activating group) is 1.